The molecule has 8 nitrogen and oxygen atoms in total. The number of nitrogens with zero attached hydrogens (tertiary/aromatic N) is 3. The second kappa shape index (κ2) is 5.34. The first-order chi connectivity index (χ1) is 9.11. The fourth-order valence-corrected chi connectivity index (χ4v) is 1.60. The number of aryl methyl sites for hydroxylation is 2. The minimum atomic E-state index is -1.19. The summed E-state index contributed by atoms with van der Waals surface area (Å²) >= 11 is 0. The smallest absolute Gasteiger partial charge is 0.352 e. The van der Waals surface area contributed by atoms with E-state index in [-0.39, 0.29) is 18.0 Å². The Kier molecular flexibility index (Phi) is 3.60. The molecule has 0 bridgehead atoms. The maximum atomic E-state index is 11.5. The number of ether oxygens (including phenoxy) is 1. The SMILES string of the molecule is COc1cn(CCc2ncno2)c(C(=O)O)cc1=O. The number of hydrogen-bond acceptors (Lipinski definition) is 6. The summed E-state index contributed by atoms with van der Waals surface area (Å²) in [5.41, 5.74) is -0.598. The van der Waals surface area contributed by atoms with Crippen LogP contribution in [0.4, 0.5) is 0 Å². The first kappa shape index (κ1) is 12.8. The summed E-state index contributed by atoms with van der Waals surface area (Å²) in [6, 6.07) is 1.02. The number of aromatic nitrogens is 3. The predicted octanol–water partition coefficient (Wildman–Crippen LogP) is 0.181. The normalized spacial score (nSPS) is 10.4. The minimum Gasteiger partial charge on any atom is -0.491 e. The summed E-state index contributed by atoms with van der Waals surface area (Å²) in [7, 11) is 1.35. The largest absolute Gasteiger partial charge is 0.491 e. The average Bonchev–Trinajstić information content (AvgIpc) is 2.89. The predicted molar refractivity (Wildman–Crippen MR) is 62.2 cm³/mol. The van der Waals surface area contributed by atoms with Crippen molar-refractivity contribution in [2.45, 2.75) is 13.0 Å². The highest BCUT2D eigenvalue weighted by atomic mass is 16.5. The van der Waals surface area contributed by atoms with Crippen LogP contribution in [0.5, 0.6) is 5.75 Å². The van der Waals surface area contributed by atoms with Crippen molar-refractivity contribution in [3.8, 4) is 5.75 Å². The van der Waals surface area contributed by atoms with Crippen molar-refractivity contribution in [2.24, 2.45) is 0 Å². The van der Waals surface area contributed by atoms with Crippen molar-refractivity contribution in [1.82, 2.24) is 14.7 Å². The second-order valence-corrected chi connectivity index (χ2v) is 3.67. The van der Waals surface area contributed by atoms with E-state index in [1.54, 1.807) is 0 Å². The van der Waals surface area contributed by atoms with Crippen molar-refractivity contribution in [3.05, 3.63) is 40.4 Å². The lowest BCUT2D eigenvalue weighted by Gasteiger charge is -2.10. The van der Waals surface area contributed by atoms with Gasteiger partial charge < -0.3 is 18.9 Å². The zero-order valence-electron chi connectivity index (χ0n) is 10.1. The van der Waals surface area contributed by atoms with Gasteiger partial charge in [-0.25, -0.2) is 4.79 Å². The first-order valence-corrected chi connectivity index (χ1v) is 5.39. The van der Waals surface area contributed by atoms with Crippen LogP contribution >= 0.6 is 0 Å². The Morgan fingerprint density at radius 1 is 1.58 bits per heavy atom. The molecule has 0 atom stereocenters. The number of rotatable bonds is 5. The fraction of sp³-hybridized carbons (Fsp3) is 0.273. The molecule has 100 valence electrons. The van der Waals surface area contributed by atoms with Gasteiger partial charge >= 0.3 is 5.97 Å². The Morgan fingerprint density at radius 2 is 2.37 bits per heavy atom. The number of pyridine rings is 1. The molecular formula is C11H11N3O5. The Hall–Kier alpha value is -2.64. The van der Waals surface area contributed by atoms with Crippen LogP contribution in [0.3, 0.4) is 0 Å². The van der Waals surface area contributed by atoms with Crippen LogP contribution in [0.25, 0.3) is 0 Å². The molecule has 2 aromatic heterocycles. The number of carboxylic acid groups (broad SMARTS) is 1. The zero-order chi connectivity index (χ0) is 13.8. The Morgan fingerprint density at radius 3 is 2.95 bits per heavy atom. The van der Waals surface area contributed by atoms with Gasteiger partial charge in [0.15, 0.2) is 12.1 Å². The van der Waals surface area contributed by atoms with E-state index in [1.807, 2.05) is 0 Å². The van der Waals surface area contributed by atoms with Gasteiger partial charge in [-0.15, -0.1) is 0 Å². The van der Waals surface area contributed by atoms with Gasteiger partial charge in [-0.2, -0.15) is 4.98 Å². The zero-order valence-corrected chi connectivity index (χ0v) is 10.1. The number of carboxylic acids is 1. The van der Waals surface area contributed by atoms with Gasteiger partial charge in [-0.05, 0) is 0 Å². The third kappa shape index (κ3) is 2.79. The molecule has 0 saturated heterocycles. The summed E-state index contributed by atoms with van der Waals surface area (Å²) < 4.78 is 11.1. The van der Waals surface area contributed by atoms with Gasteiger partial charge in [0, 0.05) is 19.0 Å². The van der Waals surface area contributed by atoms with E-state index in [4.69, 9.17) is 14.4 Å². The van der Waals surface area contributed by atoms with Crippen LogP contribution < -0.4 is 10.2 Å². The van der Waals surface area contributed by atoms with Crippen LogP contribution in [0.2, 0.25) is 0 Å². The molecule has 0 aliphatic carbocycles. The lowest BCUT2D eigenvalue weighted by molar-refractivity contribution is 0.0683. The molecule has 0 fully saturated rings. The van der Waals surface area contributed by atoms with E-state index < -0.39 is 11.4 Å². The summed E-state index contributed by atoms with van der Waals surface area (Å²) in [5.74, 6) is -0.727. The number of aromatic carboxylic acids is 1. The maximum absolute atomic E-state index is 11.5. The Labute approximate surface area is 107 Å². The van der Waals surface area contributed by atoms with E-state index in [9.17, 15) is 9.59 Å². The maximum Gasteiger partial charge on any atom is 0.352 e. The van der Waals surface area contributed by atoms with Crippen LogP contribution in [0, 0.1) is 0 Å². The van der Waals surface area contributed by atoms with Crippen molar-refractivity contribution in [2.75, 3.05) is 7.11 Å². The van der Waals surface area contributed by atoms with Crippen molar-refractivity contribution >= 4 is 5.97 Å². The minimum absolute atomic E-state index is 0.0792. The molecular weight excluding hydrogens is 254 g/mol. The monoisotopic (exact) mass is 265 g/mol. The molecule has 0 aromatic carbocycles. The molecule has 0 radical (unpaired) electrons. The molecule has 19 heavy (non-hydrogen) atoms. The van der Waals surface area contributed by atoms with Gasteiger partial charge in [-0.3, -0.25) is 4.79 Å². The van der Waals surface area contributed by atoms with E-state index in [2.05, 4.69) is 10.1 Å². The molecule has 0 amide bonds. The molecule has 2 heterocycles. The standard InChI is InChI=1S/C11H11N3O5/c1-18-9-5-14(3-2-10-12-6-13-19-10)7(11(16)17)4-8(9)15/h4-6H,2-3H2,1H3,(H,16,17). The lowest BCUT2D eigenvalue weighted by atomic mass is 10.3. The summed E-state index contributed by atoms with van der Waals surface area (Å²) in [5, 5.41) is 12.5. The third-order valence-electron chi connectivity index (χ3n) is 2.51. The van der Waals surface area contributed by atoms with Crippen LogP contribution in [-0.2, 0) is 13.0 Å². The quantitative estimate of drug-likeness (QED) is 0.821. The van der Waals surface area contributed by atoms with E-state index in [1.165, 1.54) is 24.2 Å². The van der Waals surface area contributed by atoms with Gasteiger partial charge in [0.2, 0.25) is 11.3 Å². The highest BCUT2D eigenvalue weighted by Crippen LogP contribution is 2.08. The second-order valence-electron chi connectivity index (χ2n) is 3.67. The molecule has 1 N–H and O–H groups in total. The van der Waals surface area contributed by atoms with E-state index >= 15 is 0 Å². The highest BCUT2D eigenvalue weighted by molar-refractivity contribution is 5.85. The first-order valence-electron chi connectivity index (χ1n) is 5.39. The molecule has 2 aromatic rings. The van der Waals surface area contributed by atoms with E-state index in [0.29, 0.717) is 12.3 Å². The molecule has 0 aliphatic rings. The summed E-state index contributed by atoms with van der Waals surface area (Å²) in [4.78, 5) is 26.4. The number of hydrogen-bond donors (Lipinski definition) is 1. The highest BCUT2D eigenvalue weighted by Gasteiger charge is 2.13. The van der Waals surface area contributed by atoms with Crippen LogP contribution in [-0.4, -0.2) is 32.9 Å². The topological polar surface area (TPSA) is 107 Å². The van der Waals surface area contributed by atoms with Crippen LogP contribution in [0.1, 0.15) is 16.4 Å². The average molecular weight is 265 g/mol. The van der Waals surface area contributed by atoms with Gasteiger partial charge in [-0.1, -0.05) is 5.16 Å². The summed E-state index contributed by atoms with van der Waals surface area (Å²) in [6.45, 7) is 0.278. The number of carbonyl (C=O) groups is 1. The molecule has 0 saturated carbocycles. The van der Waals surface area contributed by atoms with Crippen molar-refractivity contribution < 1.29 is 19.2 Å². The molecule has 0 unspecified atom stereocenters. The molecule has 2 rings (SSSR count). The molecule has 0 aliphatic heterocycles. The third-order valence-corrected chi connectivity index (χ3v) is 2.51. The van der Waals surface area contributed by atoms with Crippen LogP contribution in [0.15, 0.2) is 27.9 Å². The molecule has 8 heteroatoms. The molecule has 0 spiro atoms. The van der Waals surface area contributed by atoms with E-state index in [0.717, 1.165) is 6.07 Å². The Bertz CT molecular complexity index is 632. The lowest BCUT2D eigenvalue weighted by Crippen LogP contribution is -2.19. The number of methoxy groups -OCH3 is 1. The fourth-order valence-electron chi connectivity index (χ4n) is 1.60. The van der Waals surface area contributed by atoms with Gasteiger partial charge in [0.1, 0.15) is 5.69 Å². The van der Waals surface area contributed by atoms with Crippen molar-refractivity contribution in [1.29, 1.82) is 0 Å². The van der Waals surface area contributed by atoms with Gasteiger partial charge in [0.05, 0.1) is 13.3 Å². The summed E-state index contributed by atoms with van der Waals surface area (Å²) in [6.07, 6.45) is 2.97. The Balaban J connectivity index is 2.31. The van der Waals surface area contributed by atoms with Crippen molar-refractivity contribution in [3.63, 3.8) is 0 Å². The van der Waals surface area contributed by atoms with Gasteiger partial charge in [0.25, 0.3) is 0 Å².